The molecular weight excluding hydrogens is 249 g/mol. The summed E-state index contributed by atoms with van der Waals surface area (Å²) in [5.74, 6) is 1.23. The fraction of sp³-hybridized carbons (Fsp3) is 0.667. The molecule has 1 aromatic carbocycles. The van der Waals surface area contributed by atoms with Crippen molar-refractivity contribution >= 4 is 0 Å². The largest absolute Gasteiger partial charge is 0.307 e. The second kappa shape index (κ2) is 7.21. The Morgan fingerprint density at radius 3 is 2.40 bits per heavy atom. The van der Waals surface area contributed by atoms with Gasteiger partial charge in [-0.2, -0.15) is 0 Å². The number of halogens is 1. The average Bonchev–Trinajstić information content (AvgIpc) is 2.62. The van der Waals surface area contributed by atoms with Crippen molar-refractivity contribution in [2.75, 3.05) is 0 Å². The Bertz CT molecular complexity index is 398. The van der Waals surface area contributed by atoms with Crippen LogP contribution in [-0.4, -0.2) is 6.04 Å². The van der Waals surface area contributed by atoms with Crippen LogP contribution < -0.4 is 5.32 Å². The quantitative estimate of drug-likeness (QED) is 0.757. The first-order valence-corrected chi connectivity index (χ1v) is 8.07. The first kappa shape index (κ1) is 15.5. The molecule has 0 spiro atoms. The molecule has 3 unspecified atom stereocenters. The maximum absolute atomic E-state index is 13.1. The highest BCUT2D eigenvalue weighted by Gasteiger charge is 2.22. The molecule has 20 heavy (non-hydrogen) atoms. The van der Waals surface area contributed by atoms with Crippen LogP contribution in [0, 0.1) is 17.7 Å². The van der Waals surface area contributed by atoms with Gasteiger partial charge in [-0.25, -0.2) is 4.39 Å². The Morgan fingerprint density at radius 1 is 1.05 bits per heavy atom. The van der Waals surface area contributed by atoms with E-state index in [0.717, 1.165) is 5.92 Å². The van der Waals surface area contributed by atoms with E-state index in [0.29, 0.717) is 18.0 Å². The normalized spacial score (nSPS) is 25.4. The fourth-order valence-corrected chi connectivity index (χ4v) is 3.25. The predicted octanol–water partition coefficient (Wildman–Crippen LogP) is 5.08. The summed E-state index contributed by atoms with van der Waals surface area (Å²) in [6.45, 7) is 6.84. The zero-order chi connectivity index (χ0) is 14.5. The van der Waals surface area contributed by atoms with Gasteiger partial charge in [0.15, 0.2) is 0 Å². The molecule has 2 heteroatoms. The number of hydrogen-bond donors (Lipinski definition) is 1. The van der Waals surface area contributed by atoms with Crippen LogP contribution in [0.2, 0.25) is 0 Å². The van der Waals surface area contributed by atoms with E-state index in [9.17, 15) is 4.39 Å². The highest BCUT2D eigenvalue weighted by Crippen LogP contribution is 2.27. The summed E-state index contributed by atoms with van der Waals surface area (Å²) in [4.78, 5) is 0. The van der Waals surface area contributed by atoms with E-state index in [-0.39, 0.29) is 5.82 Å². The summed E-state index contributed by atoms with van der Waals surface area (Å²) >= 11 is 0. The van der Waals surface area contributed by atoms with E-state index in [2.05, 4.69) is 26.1 Å². The first-order valence-electron chi connectivity index (χ1n) is 8.07. The molecule has 3 atom stereocenters. The van der Waals surface area contributed by atoms with Gasteiger partial charge in [0.25, 0.3) is 0 Å². The fourth-order valence-electron chi connectivity index (χ4n) is 3.25. The van der Waals surface area contributed by atoms with Crippen molar-refractivity contribution in [3.05, 3.63) is 35.6 Å². The molecule has 1 fully saturated rings. The van der Waals surface area contributed by atoms with Crippen LogP contribution in [0.15, 0.2) is 24.3 Å². The average molecular weight is 277 g/mol. The van der Waals surface area contributed by atoms with Crippen LogP contribution in [0.25, 0.3) is 0 Å². The SMILES string of the molecule is CC1CCCC(NC(c2ccc(F)cc2)C(C)C)CC1. The zero-order valence-electron chi connectivity index (χ0n) is 13.0. The third kappa shape index (κ3) is 4.31. The molecule has 1 aromatic rings. The van der Waals surface area contributed by atoms with E-state index in [4.69, 9.17) is 0 Å². The summed E-state index contributed by atoms with van der Waals surface area (Å²) in [5.41, 5.74) is 1.21. The summed E-state index contributed by atoms with van der Waals surface area (Å²) in [7, 11) is 0. The van der Waals surface area contributed by atoms with E-state index < -0.39 is 0 Å². The molecule has 0 bridgehead atoms. The van der Waals surface area contributed by atoms with Crippen molar-refractivity contribution in [3.8, 4) is 0 Å². The van der Waals surface area contributed by atoms with E-state index in [1.165, 1.54) is 37.7 Å². The molecule has 0 aromatic heterocycles. The Labute approximate surface area is 123 Å². The van der Waals surface area contributed by atoms with Crippen molar-refractivity contribution in [1.29, 1.82) is 0 Å². The molecule has 0 amide bonds. The predicted molar refractivity (Wildman–Crippen MR) is 83.2 cm³/mol. The number of hydrogen-bond acceptors (Lipinski definition) is 1. The molecule has 1 saturated carbocycles. The molecule has 0 saturated heterocycles. The summed E-state index contributed by atoms with van der Waals surface area (Å²) < 4.78 is 13.1. The molecule has 0 aliphatic heterocycles. The van der Waals surface area contributed by atoms with Crippen LogP contribution in [0.5, 0.6) is 0 Å². The summed E-state index contributed by atoms with van der Waals surface area (Å²) in [6, 6.07) is 7.92. The van der Waals surface area contributed by atoms with Crippen molar-refractivity contribution in [2.45, 2.75) is 65.0 Å². The third-order valence-corrected chi connectivity index (χ3v) is 4.57. The molecule has 0 radical (unpaired) electrons. The highest BCUT2D eigenvalue weighted by molar-refractivity contribution is 5.20. The van der Waals surface area contributed by atoms with Gasteiger partial charge in [0.2, 0.25) is 0 Å². The molecule has 1 nitrogen and oxygen atoms in total. The lowest BCUT2D eigenvalue weighted by molar-refractivity contribution is 0.335. The monoisotopic (exact) mass is 277 g/mol. The maximum Gasteiger partial charge on any atom is 0.123 e. The number of benzene rings is 1. The lowest BCUT2D eigenvalue weighted by Gasteiger charge is -2.28. The minimum Gasteiger partial charge on any atom is -0.307 e. The molecule has 2 rings (SSSR count). The van der Waals surface area contributed by atoms with Gasteiger partial charge in [0.1, 0.15) is 5.82 Å². The third-order valence-electron chi connectivity index (χ3n) is 4.57. The molecule has 0 heterocycles. The topological polar surface area (TPSA) is 12.0 Å². The van der Waals surface area contributed by atoms with Crippen LogP contribution in [0.4, 0.5) is 4.39 Å². The Kier molecular flexibility index (Phi) is 5.59. The summed E-state index contributed by atoms with van der Waals surface area (Å²) in [6.07, 6.45) is 6.56. The second-order valence-electron chi connectivity index (χ2n) is 6.75. The highest BCUT2D eigenvalue weighted by atomic mass is 19.1. The standard InChI is InChI=1S/C18H28FN/c1-13(2)18(15-8-10-16(19)11-9-15)20-17-6-4-5-14(3)7-12-17/h8-11,13-14,17-18,20H,4-7,12H2,1-3H3. The molecule has 1 aliphatic rings. The lowest BCUT2D eigenvalue weighted by Crippen LogP contribution is -2.35. The van der Waals surface area contributed by atoms with E-state index >= 15 is 0 Å². The Balaban J connectivity index is 2.03. The van der Waals surface area contributed by atoms with Crippen molar-refractivity contribution < 1.29 is 4.39 Å². The van der Waals surface area contributed by atoms with Gasteiger partial charge < -0.3 is 5.32 Å². The van der Waals surface area contributed by atoms with E-state index in [1.807, 2.05) is 12.1 Å². The van der Waals surface area contributed by atoms with Gasteiger partial charge in [-0.05, 0) is 48.8 Å². The van der Waals surface area contributed by atoms with Crippen LogP contribution in [0.1, 0.15) is 64.5 Å². The van der Waals surface area contributed by atoms with Crippen molar-refractivity contribution in [2.24, 2.45) is 11.8 Å². The molecule has 1 aliphatic carbocycles. The van der Waals surface area contributed by atoms with Crippen LogP contribution >= 0.6 is 0 Å². The van der Waals surface area contributed by atoms with Gasteiger partial charge >= 0.3 is 0 Å². The Morgan fingerprint density at radius 2 is 1.75 bits per heavy atom. The van der Waals surface area contributed by atoms with Crippen LogP contribution in [0.3, 0.4) is 0 Å². The number of nitrogens with one attached hydrogen (secondary N) is 1. The van der Waals surface area contributed by atoms with Gasteiger partial charge in [0.05, 0.1) is 0 Å². The number of rotatable bonds is 4. The minimum atomic E-state index is -0.153. The van der Waals surface area contributed by atoms with Crippen molar-refractivity contribution in [1.82, 2.24) is 5.32 Å². The lowest BCUT2D eigenvalue weighted by atomic mass is 9.94. The molecular formula is C18H28FN. The Hall–Kier alpha value is -0.890. The smallest absolute Gasteiger partial charge is 0.123 e. The summed E-state index contributed by atoms with van der Waals surface area (Å²) in [5, 5.41) is 3.83. The van der Waals surface area contributed by atoms with Gasteiger partial charge in [-0.3, -0.25) is 0 Å². The second-order valence-corrected chi connectivity index (χ2v) is 6.75. The molecule has 1 N–H and O–H groups in total. The van der Waals surface area contributed by atoms with Crippen molar-refractivity contribution in [3.63, 3.8) is 0 Å². The van der Waals surface area contributed by atoms with Crippen LogP contribution in [-0.2, 0) is 0 Å². The minimum absolute atomic E-state index is 0.153. The molecule has 112 valence electrons. The zero-order valence-corrected chi connectivity index (χ0v) is 13.0. The van der Waals surface area contributed by atoms with E-state index in [1.54, 1.807) is 12.1 Å². The van der Waals surface area contributed by atoms with Gasteiger partial charge in [0, 0.05) is 12.1 Å². The first-order chi connectivity index (χ1) is 9.56. The maximum atomic E-state index is 13.1. The van der Waals surface area contributed by atoms with Gasteiger partial charge in [-0.15, -0.1) is 0 Å². The van der Waals surface area contributed by atoms with Gasteiger partial charge in [-0.1, -0.05) is 45.7 Å².